The first-order valence-electron chi connectivity index (χ1n) is 9.37. The van der Waals surface area contributed by atoms with Crippen LogP contribution in [0, 0.1) is 13.8 Å². The van der Waals surface area contributed by atoms with Crippen molar-refractivity contribution in [3.05, 3.63) is 34.9 Å². The molecule has 0 fully saturated rings. The molecular formula is C19H32IN5O3. The van der Waals surface area contributed by atoms with Gasteiger partial charge in [-0.15, -0.1) is 24.0 Å². The molecule has 0 radical (unpaired) electrons. The maximum absolute atomic E-state index is 10.8. The van der Waals surface area contributed by atoms with E-state index < -0.39 is 5.60 Å². The fourth-order valence-electron chi connectivity index (χ4n) is 2.72. The number of aliphatic imine (C=N–C) groups is 1. The largest absolute Gasteiger partial charge is 0.466 e. The molecule has 2 rings (SSSR count). The summed E-state index contributed by atoms with van der Waals surface area (Å²) in [4.78, 5) is 8.87. The quantitative estimate of drug-likeness (QED) is 0.288. The number of halogens is 1. The topological polar surface area (TPSA) is 109 Å². The number of hydrogen-bond donors (Lipinski definition) is 3. The summed E-state index contributed by atoms with van der Waals surface area (Å²) >= 11 is 0. The third-order valence-corrected chi connectivity index (χ3v) is 4.14. The lowest BCUT2D eigenvalue weighted by Crippen LogP contribution is -2.39. The molecule has 0 aliphatic carbocycles. The van der Waals surface area contributed by atoms with E-state index in [1.54, 1.807) is 6.92 Å². The van der Waals surface area contributed by atoms with Gasteiger partial charge in [0.1, 0.15) is 17.1 Å². The normalized spacial score (nSPS) is 13.9. The molecule has 2 aromatic heterocycles. The highest BCUT2D eigenvalue weighted by Crippen LogP contribution is 2.27. The first kappa shape index (κ1) is 24.4. The summed E-state index contributed by atoms with van der Waals surface area (Å²) in [7, 11) is 0. The smallest absolute Gasteiger partial charge is 0.228 e. The van der Waals surface area contributed by atoms with E-state index >= 15 is 0 Å². The van der Waals surface area contributed by atoms with Crippen LogP contribution in [-0.4, -0.2) is 40.8 Å². The van der Waals surface area contributed by atoms with Gasteiger partial charge in [0.05, 0.1) is 6.54 Å². The van der Waals surface area contributed by atoms with E-state index in [0.29, 0.717) is 36.4 Å². The zero-order valence-electron chi connectivity index (χ0n) is 17.5. The molecule has 0 saturated carbocycles. The van der Waals surface area contributed by atoms with Gasteiger partial charge in [0.25, 0.3) is 0 Å². The Morgan fingerprint density at radius 1 is 1.32 bits per heavy atom. The molecular weight excluding hydrogens is 473 g/mol. The van der Waals surface area contributed by atoms with Crippen molar-refractivity contribution >= 4 is 29.9 Å². The maximum Gasteiger partial charge on any atom is 0.228 e. The summed E-state index contributed by atoms with van der Waals surface area (Å²) in [5, 5.41) is 21.2. The van der Waals surface area contributed by atoms with Crippen LogP contribution in [0.15, 0.2) is 20.0 Å². The average Bonchev–Trinajstić information content (AvgIpc) is 3.19. The Balaban J connectivity index is 0.00000392. The first-order chi connectivity index (χ1) is 12.7. The van der Waals surface area contributed by atoms with Gasteiger partial charge in [-0.3, -0.25) is 0 Å². The van der Waals surface area contributed by atoms with Crippen LogP contribution in [0.5, 0.6) is 0 Å². The number of guanidine groups is 1. The van der Waals surface area contributed by atoms with Gasteiger partial charge >= 0.3 is 0 Å². The predicted octanol–water partition coefficient (Wildman–Crippen LogP) is 3.03. The van der Waals surface area contributed by atoms with Gasteiger partial charge in [0.15, 0.2) is 11.8 Å². The number of rotatable bonds is 8. The highest BCUT2D eigenvalue weighted by atomic mass is 127. The van der Waals surface area contributed by atoms with Crippen molar-refractivity contribution in [2.45, 2.75) is 59.5 Å². The minimum Gasteiger partial charge on any atom is -0.466 e. The lowest BCUT2D eigenvalue weighted by Gasteiger charge is -2.21. The number of aryl methyl sites for hydroxylation is 2. The lowest BCUT2D eigenvalue weighted by atomic mass is 9.96. The predicted molar refractivity (Wildman–Crippen MR) is 119 cm³/mol. The van der Waals surface area contributed by atoms with Crippen LogP contribution in [0.1, 0.15) is 62.4 Å². The summed E-state index contributed by atoms with van der Waals surface area (Å²) in [6.07, 6.45) is 0.598. The molecule has 3 N–H and O–H groups in total. The molecule has 28 heavy (non-hydrogen) atoms. The second kappa shape index (κ2) is 10.8. The van der Waals surface area contributed by atoms with E-state index in [4.69, 9.17) is 8.94 Å². The van der Waals surface area contributed by atoms with Gasteiger partial charge in [0, 0.05) is 31.0 Å². The van der Waals surface area contributed by atoms with Crippen LogP contribution in [0.4, 0.5) is 0 Å². The molecule has 0 saturated heterocycles. The third kappa shape index (κ3) is 6.77. The average molecular weight is 505 g/mol. The first-order valence-corrected chi connectivity index (χ1v) is 9.37. The Kier molecular flexibility index (Phi) is 9.42. The van der Waals surface area contributed by atoms with Gasteiger partial charge in [-0.25, -0.2) is 4.99 Å². The van der Waals surface area contributed by atoms with Crippen molar-refractivity contribution in [1.82, 2.24) is 20.8 Å². The van der Waals surface area contributed by atoms with Crippen molar-refractivity contribution in [1.29, 1.82) is 0 Å². The third-order valence-electron chi connectivity index (χ3n) is 4.14. The molecule has 9 heteroatoms. The second-order valence-corrected chi connectivity index (χ2v) is 7.17. The Morgan fingerprint density at radius 3 is 2.57 bits per heavy atom. The van der Waals surface area contributed by atoms with Crippen LogP contribution in [0.25, 0.3) is 0 Å². The van der Waals surface area contributed by atoms with Crippen LogP contribution in [0.3, 0.4) is 0 Å². The fraction of sp³-hybridized carbons (Fsp3) is 0.632. The number of hydrogen-bond acceptors (Lipinski definition) is 6. The zero-order valence-corrected chi connectivity index (χ0v) is 19.8. The van der Waals surface area contributed by atoms with Crippen LogP contribution < -0.4 is 10.6 Å². The molecule has 8 nitrogen and oxygen atoms in total. The number of nitrogens with zero attached hydrogens (tertiary/aromatic N) is 3. The molecule has 0 aromatic carbocycles. The summed E-state index contributed by atoms with van der Waals surface area (Å²) in [5.41, 5.74) is -0.352. The van der Waals surface area contributed by atoms with Gasteiger partial charge in [-0.05, 0) is 33.8 Å². The Bertz CT molecular complexity index is 767. The number of nitrogens with one attached hydrogen (secondary N) is 2. The minimum atomic E-state index is -1.11. The molecule has 1 atom stereocenters. The molecule has 0 aliphatic heterocycles. The van der Waals surface area contributed by atoms with Gasteiger partial charge < -0.3 is 24.7 Å². The zero-order chi connectivity index (χ0) is 20.0. The van der Waals surface area contributed by atoms with Gasteiger partial charge in [0.2, 0.25) is 5.89 Å². The van der Waals surface area contributed by atoms with Gasteiger partial charge in [-0.2, -0.15) is 4.98 Å². The van der Waals surface area contributed by atoms with E-state index in [0.717, 1.165) is 17.9 Å². The summed E-state index contributed by atoms with van der Waals surface area (Å²) in [6.45, 7) is 13.0. The van der Waals surface area contributed by atoms with Crippen molar-refractivity contribution < 1.29 is 14.0 Å². The van der Waals surface area contributed by atoms with Crippen LogP contribution in [-0.2, 0) is 12.0 Å². The molecule has 0 bridgehead atoms. The fourth-order valence-corrected chi connectivity index (χ4v) is 2.72. The number of aromatic nitrogens is 2. The van der Waals surface area contributed by atoms with Crippen LogP contribution in [0.2, 0.25) is 0 Å². The summed E-state index contributed by atoms with van der Waals surface area (Å²) in [6, 6.07) is 1.85. The Labute approximate surface area is 183 Å². The van der Waals surface area contributed by atoms with Crippen molar-refractivity contribution in [2.75, 3.05) is 19.6 Å². The number of furan rings is 1. The molecule has 2 heterocycles. The van der Waals surface area contributed by atoms with Crippen LogP contribution >= 0.6 is 24.0 Å². The van der Waals surface area contributed by atoms with Gasteiger partial charge in [-0.1, -0.05) is 19.0 Å². The Morgan fingerprint density at radius 2 is 2.04 bits per heavy atom. The second-order valence-electron chi connectivity index (χ2n) is 7.17. The summed E-state index contributed by atoms with van der Waals surface area (Å²) in [5.74, 6) is 3.66. The molecule has 2 aromatic rings. The molecule has 0 amide bonds. The van der Waals surface area contributed by atoms with Crippen molar-refractivity contribution in [2.24, 2.45) is 4.99 Å². The highest BCUT2D eigenvalue weighted by molar-refractivity contribution is 14.0. The molecule has 0 spiro atoms. The number of aliphatic hydroxyl groups is 1. The standard InChI is InChI=1S/C19H31N5O3.HI/c1-7-20-18(21-9-8-16-23-17(12(2)3)24-27-16)22-11-19(6,25)15-10-13(4)26-14(15)5;/h10,12,25H,7-9,11H2,1-6H3,(H2,20,21,22);1H. The monoisotopic (exact) mass is 505 g/mol. The summed E-state index contributed by atoms with van der Waals surface area (Å²) < 4.78 is 10.8. The van der Waals surface area contributed by atoms with Crippen molar-refractivity contribution in [3.63, 3.8) is 0 Å². The lowest BCUT2D eigenvalue weighted by molar-refractivity contribution is 0.0657. The van der Waals surface area contributed by atoms with Crippen molar-refractivity contribution in [3.8, 4) is 0 Å². The maximum atomic E-state index is 10.8. The Hall–Kier alpha value is -1.62. The minimum absolute atomic E-state index is 0. The molecule has 1 unspecified atom stereocenters. The van der Waals surface area contributed by atoms with E-state index in [1.165, 1.54) is 0 Å². The van der Waals surface area contributed by atoms with E-state index in [2.05, 4.69) is 25.8 Å². The molecule has 0 aliphatic rings. The SMILES string of the molecule is CCNC(=NCC(C)(O)c1cc(C)oc1C)NCCc1nc(C(C)C)no1.I. The van der Waals surface area contributed by atoms with E-state index in [-0.39, 0.29) is 36.4 Å². The highest BCUT2D eigenvalue weighted by Gasteiger charge is 2.27. The van der Waals surface area contributed by atoms with E-state index in [9.17, 15) is 5.11 Å². The van der Waals surface area contributed by atoms with E-state index in [1.807, 2.05) is 40.7 Å². The molecule has 158 valence electrons.